The molecule has 3 aromatic heterocycles. The lowest BCUT2D eigenvalue weighted by Crippen LogP contribution is -2.32. The van der Waals surface area contributed by atoms with E-state index in [0.29, 0.717) is 11.8 Å². The minimum atomic E-state index is -4.00. The topological polar surface area (TPSA) is 141 Å². The third-order valence-corrected chi connectivity index (χ3v) is 6.88. The molecule has 186 valence electrons. The molecule has 4 rings (SSSR count). The van der Waals surface area contributed by atoms with Gasteiger partial charge in [0.2, 0.25) is 10.0 Å². The normalized spacial score (nSPS) is 12.6. The molecule has 4 aromatic rings. The number of fused-ring (bicyclic) bond motifs is 3. The van der Waals surface area contributed by atoms with E-state index in [9.17, 15) is 22.8 Å². The van der Waals surface area contributed by atoms with Crippen molar-refractivity contribution in [3.63, 3.8) is 0 Å². The van der Waals surface area contributed by atoms with Crippen molar-refractivity contribution in [3.05, 3.63) is 75.6 Å². The summed E-state index contributed by atoms with van der Waals surface area (Å²) >= 11 is 1.09. The molecule has 0 fully saturated rings. The number of sulfonamides is 1. The van der Waals surface area contributed by atoms with E-state index < -0.39 is 27.7 Å². The number of rotatable bonds is 8. The molecule has 1 aromatic carbocycles. The summed E-state index contributed by atoms with van der Waals surface area (Å²) in [6, 6.07) is 4.12. The van der Waals surface area contributed by atoms with Crippen LogP contribution in [0.3, 0.4) is 0 Å². The van der Waals surface area contributed by atoms with E-state index in [2.05, 4.69) is 0 Å². The van der Waals surface area contributed by atoms with Crippen LogP contribution in [-0.4, -0.2) is 37.3 Å². The molecule has 0 aliphatic carbocycles. The number of nitrogens with two attached hydrogens (primary N) is 1. The van der Waals surface area contributed by atoms with Crippen LogP contribution in [0, 0.1) is 5.82 Å². The molecule has 2 amide bonds. The Hall–Kier alpha value is -4.03. The van der Waals surface area contributed by atoms with Gasteiger partial charge in [0.05, 0.1) is 33.7 Å². The second kappa shape index (κ2) is 9.55. The van der Waals surface area contributed by atoms with E-state index in [4.69, 9.17) is 10.2 Å². The van der Waals surface area contributed by atoms with Crippen molar-refractivity contribution < 1.29 is 31.6 Å². The first kappa shape index (κ1) is 25.1. The third kappa shape index (κ3) is 4.60. The molecular weight excluding hydrogens is 509 g/mol. The first-order valence-corrected chi connectivity index (χ1v) is 13.2. The van der Waals surface area contributed by atoms with Gasteiger partial charge in [0.25, 0.3) is 11.8 Å². The minimum Gasteiger partial charge on any atom is -0.463 e. The Morgan fingerprint density at radius 1 is 1.31 bits per heavy atom. The summed E-state index contributed by atoms with van der Waals surface area (Å²) in [5.41, 5.74) is 6.10. The largest absolute Gasteiger partial charge is 0.463 e. The second-order valence-electron chi connectivity index (χ2n) is 7.88. The number of nitrogens with one attached hydrogen (secondary N) is 1. The van der Waals surface area contributed by atoms with Crippen LogP contribution in [0.1, 0.15) is 38.2 Å². The van der Waals surface area contributed by atoms with Gasteiger partial charge in [-0.3, -0.25) is 14.4 Å². The first-order chi connectivity index (χ1) is 17.1. The molecule has 3 N–H and O–H groups in total. The Kier molecular flexibility index (Phi) is 6.65. The quantitative estimate of drug-likeness (QED) is 0.203. The van der Waals surface area contributed by atoms with Gasteiger partial charge in [-0.25, -0.2) is 17.5 Å². The highest BCUT2D eigenvalue weighted by molar-refractivity contribution is 7.89. The van der Waals surface area contributed by atoms with E-state index in [1.165, 1.54) is 35.1 Å². The highest BCUT2D eigenvalue weighted by atomic mass is 32.2. The van der Waals surface area contributed by atoms with Crippen LogP contribution in [0.2, 0.25) is 0 Å². The van der Waals surface area contributed by atoms with Crippen LogP contribution in [0.5, 0.6) is 0 Å². The molecule has 36 heavy (non-hydrogen) atoms. The maximum absolute atomic E-state index is 15.1. The number of nitrogens with zero attached hydrogens (tertiary/aromatic N) is 1. The fourth-order valence-electron chi connectivity index (χ4n) is 3.96. The summed E-state index contributed by atoms with van der Waals surface area (Å²) < 4.78 is 47.9. The van der Waals surface area contributed by atoms with Gasteiger partial charge in [0, 0.05) is 17.7 Å². The maximum atomic E-state index is 15.1. The smallest absolute Gasteiger partial charge is 0.282 e. The predicted octanol–water partition coefficient (Wildman–Crippen LogP) is 3.58. The molecule has 9 nitrogen and oxygen atoms in total. The minimum absolute atomic E-state index is 0.0444. The average molecular weight is 530 g/mol. The number of aldehydes is 1. The monoisotopic (exact) mass is 529 g/mol. The summed E-state index contributed by atoms with van der Waals surface area (Å²) in [6.45, 7) is 1.67. The Labute approximate surface area is 208 Å². The highest BCUT2D eigenvalue weighted by Gasteiger charge is 2.30. The number of amides is 2. The zero-order valence-corrected chi connectivity index (χ0v) is 20.7. The number of thiophene rings is 1. The van der Waals surface area contributed by atoms with Crippen molar-refractivity contribution >= 4 is 66.9 Å². The third-order valence-electron chi connectivity index (χ3n) is 5.33. The van der Waals surface area contributed by atoms with Crippen molar-refractivity contribution in [3.8, 4) is 0 Å². The number of benzene rings is 1. The Balaban J connectivity index is 2.15. The van der Waals surface area contributed by atoms with E-state index in [1.54, 1.807) is 24.5 Å². The van der Waals surface area contributed by atoms with Crippen LogP contribution >= 0.6 is 11.3 Å². The molecule has 0 radical (unpaired) electrons. The SMILES string of the molecule is C/C=C\C=C(/C=O)c1c(C(=O)NS(C)(=O)=O)n(Cc2csc(C(N)=O)c2)c2cc(F)c3ccoc3c12. The van der Waals surface area contributed by atoms with Crippen molar-refractivity contribution in [2.24, 2.45) is 5.73 Å². The van der Waals surface area contributed by atoms with Crippen LogP contribution in [0.4, 0.5) is 4.39 Å². The van der Waals surface area contributed by atoms with Gasteiger partial charge in [-0.15, -0.1) is 11.3 Å². The summed E-state index contributed by atoms with van der Waals surface area (Å²) in [6.07, 6.45) is 7.31. The zero-order chi connectivity index (χ0) is 26.2. The zero-order valence-electron chi connectivity index (χ0n) is 19.1. The lowest BCUT2D eigenvalue weighted by atomic mass is 10.0. The van der Waals surface area contributed by atoms with E-state index in [1.807, 2.05) is 4.72 Å². The molecule has 12 heteroatoms. The van der Waals surface area contributed by atoms with Gasteiger partial charge < -0.3 is 14.7 Å². The van der Waals surface area contributed by atoms with Gasteiger partial charge in [-0.1, -0.05) is 18.2 Å². The van der Waals surface area contributed by atoms with Crippen LogP contribution < -0.4 is 10.5 Å². The van der Waals surface area contributed by atoms with Crippen molar-refractivity contribution in [1.82, 2.24) is 9.29 Å². The van der Waals surface area contributed by atoms with Crippen LogP contribution in [-0.2, 0) is 21.4 Å². The van der Waals surface area contributed by atoms with Crippen molar-refractivity contribution in [2.45, 2.75) is 13.5 Å². The fourth-order valence-corrected chi connectivity index (χ4v) is 5.15. The summed E-state index contributed by atoms with van der Waals surface area (Å²) in [5.74, 6) is -2.30. The van der Waals surface area contributed by atoms with E-state index >= 15 is 4.39 Å². The maximum Gasteiger partial charge on any atom is 0.282 e. The van der Waals surface area contributed by atoms with Crippen molar-refractivity contribution in [1.29, 1.82) is 0 Å². The molecule has 0 spiro atoms. The van der Waals surface area contributed by atoms with E-state index in [-0.39, 0.29) is 50.1 Å². The molecule has 0 saturated heterocycles. The van der Waals surface area contributed by atoms with E-state index in [0.717, 1.165) is 17.6 Å². The summed E-state index contributed by atoms with van der Waals surface area (Å²) in [4.78, 5) is 37.4. The number of furan rings is 1. The number of carbonyl (C=O) groups is 3. The molecule has 0 aliphatic rings. The number of aromatic nitrogens is 1. The number of hydrogen-bond donors (Lipinski definition) is 2. The molecule has 0 atom stereocenters. The standard InChI is InChI=1S/C24H20FN3O6S2/c1-3-4-5-14(11-29)19-20-17(9-16(25)15-6-7-34-22(15)20)28(21(19)24(31)27-36(2,32)33)10-13-8-18(23(26)30)35-12-13/h3-9,11-12H,10H2,1-2H3,(H2,26,30)(H,27,31)/b4-3-,14-5+. The average Bonchev–Trinajstić information content (AvgIpc) is 3.52. The van der Waals surface area contributed by atoms with Crippen molar-refractivity contribution in [2.75, 3.05) is 6.26 Å². The van der Waals surface area contributed by atoms with Crippen LogP contribution in [0.15, 0.2) is 52.5 Å². The molecular formula is C24H20FN3O6S2. The summed E-state index contributed by atoms with van der Waals surface area (Å²) in [7, 11) is -4.00. The highest BCUT2D eigenvalue weighted by Crippen LogP contribution is 2.39. The van der Waals surface area contributed by atoms with Gasteiger partial charge in [0.15, 0.2) is 6.29 Å². The predicted molar refractivity (Wildman–Crippen MR) is 135 cm³/mol. The molecule has 0 unspecified atom stereocenters. The molecule has 0 aliphatic heterocycles. The molecule has 0 saturated carbocycles. The lowest BCUT2D eigenvalue weighted by molar-refractivity contribution is -0.103. The van der Waals surface area contributed by atoms with Crippen LogP contribution in [0.25, 0.3) is 27.4 Å². The molecule has 3 heterocycles. The number of hydrogen-bond acceptors (Lipinski definition) is 7. The van der Waals surface area contributed by atoms with Gasteiger partial charge in [-0.2, -0.15) is 0 Å². The number of carbonyl (C=O) groups excluding carboxylic acids is 3. The number of halogens is 1. The Bertz CT molecular complexity index is 1710. The second-order valence-corrected chi connectivity index (χ2v) is 10.5. The fraction of sp³-hybridized carbons (Fsp3) is 0.125. The number of allylic oxidation sites excluding steroid dienone is 4. The van der Waals surface area contributed by atoms with Gasteiger partial charge in [0.1, 0.15) is 17.1 Å². The Morgan fingerprint density at radius 2 is 2.06 bits per heavy atom. The van der Waals surface area contributed by atoms with Gasteiger partial charge in [-0.05, 0) is 36.1 Å². The van der Waals surface area contributed by atoms with Gasteiger partial charge >= 0.3 is 0 Å². The lowest BCUT2D eigenvalue weighted by Gasteiger charge is -2.11. The Morgan fingerprint density at radius 3 is 2.67 bits per heavy atom. The summed E-state index contributed by atoms with van der Waals surface area (Å²) in [5, 5.41) is 2.02. The first-order valence-electron chi connectivity index (χ1n) is 10.5. The molecule has 0 bridgehead atoms. The number of primary amides is 1.